The first-order chi connectivity index (χ1) is 14.7. The van der Waals surface area contributed by atoms with E-state index in [1.165, 1.54) is 6.07 Å². The number of hydrogen-bond donors (Lipinski definition) is 1. The van der Waals surface area contributed by atoms with Crippen molar-refractivity contribution in [3.05, 3.63) is 58.2 Å². The SMILES string of the molecule is O=C(NCCC(=O)N1CCCN(c2ccc(C(F)(F)F)cn2)CC1)c1ccc(Br)cc1. The fraction of sp³-hybridized carbons (Fsp3) is 0.381. The second-order valence-corrected chi connectivity index (χ2v) is 8.05. The van der Waals surface area contributed by atoms with E-state index in [1.54, 1.807) is 29.2 Å². The zero-order valence-electron chi connectivity index (χ0n) is 16.7. The molecule has 0 unspecified atom stereocenters. The number of rotatable bonds is 5. The lowest BCUT2D eigenvalue weighted by Crippen LogP contribution is -2.37. The van der Waals surface area contributed by atoms with Crippen molar-refractivity contribution in [1.29, 1.82) is 0 Å². The summed E-state index contributed by atoms with van der Waals surface area (Å²) >= 11 is 3.31. The summed E-state index contributed by atoms with van der Waals surface area (Å²) < 4.78 is 39.0. The number of nitrogens with one attached hydrogen (secondary N) is 1. The Hall–Kier alpha value is -2.62. The van der Waals surface area contributed by atoms with E-state index in [4.69, 9.17) is 0 Å². The number of halogens is 4. The van der Waals surface area contributed by atoms with E-state index >= 15 is 0 Å². The molecule has 1 fully saturated rings. The minimum absolute atomic E-state index is 0.0710. The van der Waals surface area contributed by atoms with Crippen molar-refractivity contribution in [3.63, 3.8) is 0 Å². The molecule has 3 rings (SSSR count). The zero-order valence-corrected chi connectivity index (χ0v) is 18.2. The Morgan fingerprint density at radius 3 is 2.42 bits per heavy atom. The van der Waals surface area contributed by atoms with Gasteiger partial charge in [0.1, 0.15) is 5.82 Å². The van der Waals surface area contributed by atoms with Crippen LogP contribution in [0.4, 0.5) is 19.0 Å². The van der Waals surface area contributed by atoms with Crippen molar-refractivity contribution < 1.29 is 22.8 Å². The highest BCUT2D eigenvalue weighted by molar-refractivity contribution is 9.10. The van der Waals surface area contributed by atoms with Crippen LogP contribution < -0.4 is 10.2 Å². The van der Waals surface area contributed by atoms with Gasteiger partial charge in [0.05, 0.1) is 5.56 Å². The summed E-state index contributed by atoms with van der Waals surface area (Å²) in [6, 6.07) is 9.31. The lowest BCUT2D eigenvalue weighted by atomic mass is 10.2. The van der Waals surface area contributed by atoms with E-state index in [0.29, 0.717) is 44.0 Å². The molecule has 1 aliphatic heterocycles. The van der Waals surface area contributed by atoms with Crippen molar-refractivity contribution >= 4 is 33.6 Å². The first-order valence-corrected chi connectivity index (χ1v) is 10.6. The van der Waals surface area contributed by atoms with Gasteiger partial charge < -0.3 is 15.1 Å². The highest BCUT2D eigenvalue weighted by Crippen LogP contribution is 2.29. The molecule has 1 aromatic heterocycles. The van der Waals surface area contributed by atoms with Gasteiger partial charge in [0.25, 0.3) is 5.91 Å². The molecule has 0 radical (unpaired) electrons. The maximum Gasteiger partial charge on any atom is 0.417 e. The number of anilines is 1. The average Bonchev–Trinajstić information content (AvgIpc) is 3.00. The molecule has 166 valence electrons. The third kappa shape index (κ3) is 6.43. The molecule has 0 aliphatic carbocycles. The molecule has 10 heteroatoms. The number of pyridine rings is 1. The van der Waals surface area contributed by atoms with Crippen LogP contribution in [0.2, 0.25) is 0 Å². The van der Waals surface area contributed by atoms with Crippen LogP contribution in [-0.2, 0) is 11.0 Å². The summed E-state index contributed by atoms with van der Waals surface area (Å²) in [5.74, 6) is 0.151. The molecule has 1 aliphatic rings. The minimum Gasteiger partial charge on any atom is -0.355 e. The zero-order chi connectivity index (χ0) is 22.4. The van der Waals surface area contributed by atoms with Crippen molar-refractivity contribution in [2.75, 3.05) is 37.6 Å². The number of aromatic nitrogens is 1. The number of amides is 2. The normalized spacial score (nSPS) is 14.8. The first kappa shape index (κ1) is 23.1. The molecular formula is C21H22BrF3N4O2. The molecular weight excluding hydrogens is 477 g/mol. The molecule has 2 amide bonds. The van der Waals surface area contributed by atoms with Crippen LogP contribution in [-0.4, -0.2) is 54.4 Å². The van der Waals surface area contributed by atoms with Crippen LogP contribution in [0.3, 0.4) is 0 Å². The quantitative estimate of drug-likeness (QED) is 0.682. The largest absolute Gasteiger partial charge is 0.417 e. The highest BCUT2D eigenvalue weighted by Gasteiger charge is 2.31. The Labute approximate surface area is 186 Å². The second kappa shape index (κ2) is 10.1. The molecule has 0 bridgehead atoms. The van der Waals surface area contributed by atoms with Crippen LogP contribution in [0, 0.1) is 0 Å². The van der Waals surface area contributed by atoms with Gasteiger partial charge in [0.15, 0.2) is 0 Å². The van der Waals surface area contributed by atoms with Crippen LogP contribution in [0.5, 0.6) is 0 Å². The third-order valence-corrected chi connectivity index (χ3v) is 5.51. The summed E-state index contributed by atoms with van der Waals surface area (Å²) in [6.07, 6.45) is -2.72. The molecule has 1 aromatic carbocycles. The van der Waals surface area contributed by atoms with Gasteiger partial charge in [-0.2, -0.15) is 13.2 Å². The smallest absolute Gasteiger partial charge is 0.355 e. The lowest BCUT2D eigenvalue weighted by molar-refractivity contribution is -0.137. The summed E-state index contributed by atoms with van der Waals surface area (Å²) in [7, 11) is 0. The van der Waals surface area contributed by atoms with Gasteiger partial charge in [0, 0.05) is 55.4 Å². The van der Waals surface area contributed by atoms with Gasteiger partial charge in [-0.3, -0.25) is 9.59 Å². The van der Waals surface area contributed by atoms with Crippen molar-refractivity contribution in [3.8, 4) is 0 Å². The van der Waals surface area contributed by atoms with Crippen molar-refractivity contribution in [1.82, 2.24) is 15.2 Å². The fourth-order valence-electron chi connectivity index (χ4n) is 3.28. The molecule has 0 saturated carbocycles. The molecule has 31 heavy (non-hydrogen) atoms. The monoisotopic (exact) mass is 498 g/mol. The van der Waals surface area contributed by atoms with Gasteiger partial charge in [-0.1, -0.05) is 15.9 Å². The predicted octanol–water partition coefficient (Wildman–Crippen LogP) is 3.72. The van der Waals surface area contributed by atoms with E-state index < -0.39 is 11.7 Å². The van der Waals surface area contributed by atoms with Gasteiger partial charge in [-0.15, -0.1) is 0 Å². The molecule has 1 N–H and O–H groups in total. The van der Waals surface area contributed by atoms with Gasteiger partial charge in [-0.05, 0) is 42.8 Å². The molecule has 1 saturated heterocycles. The standard InChI is InChI=1S/C21H22BrF3N4O2/c22-17-5-2-15(3-6-17)20(31)26-9-8-19(30)29-11-1-10-28(12-13-29)18-7-4-16(14-27-18)21(23,24)25/h2-7,14H,1,8-13H2,(H,26,31). The third-order valence-electron chi connectivity index (χ3n) is 4.98. The number of carbonyl (C=O) groups excluding carboxylic acids is 2. The van der Waals surface area contributed by atoms with E-state index in [-0.39, 0.29) is 24.8 Å². The number of nitrogens with zero attached hydrogens (tertiary/aromatic N) is 3. The van der Waals surface area contributed by atoms with E-state index in [1.807, 2.05) is 4.90 Å². The predicted molar refractivity (Wildman–Crippen MR) is 114 cm³/mol. The minimum atomic E-state index is -4.42. The number of benzene rings is 1. The molecule has 2 heterocycles. The maximum absolute atomic E-state index is 12.7. The lowest BCUT2D eigenvalue weighted by Gasteiger charge is -2.23. The van der Waals surface area contributed by atoms with Gasteiger partial charge in [0.2, 0.25) is 5.91 Å². The summed E-state index contributed by atoms with van der Waals surface area (Å²) in [6.45, 7) is 2.31. The molecule has 6 nitrogen and oxygen atoms in total. The Morgan fingerprint density at radius 2 is 1.77 bits per heavy atom. The van der Waals surface area contributed by atoms with E-state index in [9.17, 15) is 22.8 Å². The van der Waals surface area contributed by atoms with E-state index in [2.05, 4.69) is 26.2 Å². The number of alkyl halides is 3. The second-order valence-electron chi connectivity index (χ2n) is 7.14. The fourth-order valence-corrected chi connectivity index (χ4v) is 3.55. The van der Waals surface area contributed by atoms with Crippen LogP contribution in [0.1, 0.15) is 28.8 Å². The molecule has 2 aromatic rings. The highest BCUT2D eigenvalue weighted by atomic mass is 79.9. The Kier molecular flexibility index (Phi) is 7.53. The molecule has 0 atom stereocenters. The number of hydrogen-bond acceptors (Lipinski definition) is 4. The Balaban J connectivity index is 1.47. The van der Waals surface area contributed by atoms with E-state index in [0.717, 1.165) is 16.7 Å². The summed E-state index contributed by atoms with van der Waals surface area (Å²) in [5.41, 5.74) is -0.266. The summed E-state index contributed by atoms with van der Waals surface area (Å²) in [5, 5.41) is 2.74. The number of carbonyl (C=O) groups is 2. The Morgan fingerprint density at radius 1 is 1.03 bits per heavy atom. The maximum atomic E-state index is 12.7. The van der Waals surface area contributed by atoms with Gasteiger partial charge in [-0.25, -0.2) is 4.98 Å². The van der Waals surface area contributed by atoms with Crippen molar-refractivity contribution in [2.24, 2.45) is 0 Å². The van der Waals surface area contributed by atoms with Crippen LogP contribution >= 0.6 is 15.9 Å². The Bertz CT molecular complexity index is 904. The first-order valence-electron chi connectivity index (χ1n) is 9.84. The topological polar surface area (TPSA) is 65.5 Å². The van der Waals surface area contributed by atoms with Crippen LogP contribution in [0.25, 0.3) is 0 Å². The van der Waals surface area contributed by atoms with Crippen LogP contribution in [0.15, 0.2) is 47.1 Å². The summed E-state index contributed by atoms with van der Waals surface area (Å²) in [4.78, 5) is 32.2. The molecule has 0 spiro atoms. The van der Waals surface area contributed by atoms with Gasteiger partial charge >= 0.3 is 6.18 Å². The van der Waals surface area contributed by atoms with Crippen molar-refractivity contribution in [2.45, 2.75) is 19.0 Å². The average molecular weight is 499 g/mol.